The van der Waals surface area contributed by atoms with E-state index >= 15 is 9.59 Å². The number of likely N-dealkylation sites (N-methyl/N-ethyl adjacent to an activating group) is 3. The zero-order valence-electron chi connectivity index (χ0n) is 29.7. The summed E-state index contributed by atoms with van der Waals surface area (Å²) in [6.07, 6.45) is 1.67. The van der Waals surface area contributed by atoms with Crippen LogP contribution in [0.1, 0.15) is 28.2 Å². The summed E-state index contributed by atoms with van der Waals surface area (Å²) in [6.45, 7) is 4.42. The summed E-state index contributed by atoms with van der Waals surface area (Å²) in [6, 6.07) is 32.4. The number of nitro groups is 1. The molecule has 4 aromatic carbocycles. The van der Waals surface area contributed by atoms with Gasteiger partial charge in [0.15, 0.2) is 16.4 Å². The Kier molecular flexibility index (Phi) is 7.29. The lowest BCUT2D eigenvalue weighted by Gasteiger charge is -2.51. The number of non-ortho nitro benzene ring substituents is 1. The second-order valence-corrected chi connectivity index (χ2v) is 15.4. The van der Waals surface area contributed by atoms with E-state index in [1.165, 1.54) is 28.9 Å². The highest BCUT2D eigenvalue weighted by Gasteiger charge is 2.81. The van der Waals surface area contributed by atoms with Crippen molar-refractivity contribution < 1.29 is 19.3 Å². The number of urea groups is 1. The quantitative estimate of drug-likeness (QED) is 0.167. The number of hydrazine groups is 1. The van der Waals surface area contributed by atoms with Gasteiger partial charge in [-0.2, -0.15) is 5.43 Å². The number of fused-ring (bicyclic) bond motifs is 5. The van der Waals surface area contributed by atoms with Crippen molar-refractivity contribution in [3.8, 4) is 0 Å². The number of rotatable bonds is 6. The minimum atomic E-state index is -1.58. The number of hydrogen-bond acceptors (Lipinski definition) is 9. The molecule has 272 valence electrons. The van der Waals surface area contributed by atoms with Gasteiger partial charge in [0, 0.05) is 62.0 Å². The lowest BCUT2D eigenvalue weighted by atomic mass is 9.72. The molecule has 13 nitrogen and oxygen atoms in total. The summed E-state index contributed by atoms with van der Waals surface area (Å²) in [5, 5.41) is 13.5. The first kappa shape index (κ1) is 34.0. The van der Waals surface area contributed by atoms with E-state index < -0.39 is 38.4 Å². The topological polar surface area (TPSA) is 135 Å². The number of carbonyl (C=O) groups is 3. The molecule has 3 fully saturated rings. The van der Waals surface area contributed by atoms with Gasteiger partial charge in [-0.1, -0.05) is 109 Å². The molecule has 5 aliphatic rings. The van der Waals surface area contributed by atoms with Gasteiger partial charge in [-0.3, -0.25) is 34.4 Å². The normalized spacial score (nSPS) is 29.9. The third-order valence-electron chi connectivity index (χ3n) is 11.9. The van der Waals surface area contributed by atoms with Crippen LogP contribution in [0.2, 0.25) is 0 Å². The standard InChI is InChI=1S/C40H36N8O5S/c1-5-24-46-32-19-13-12-18-30(32)37(33(46)49)38(31(25-43(37)2)26-20-22-29(23-21-26)48(52)53)34(50)47-35(54-38)41-39(27-14-8-6-9-15-27)40(42-47,28-16-10-7-11-17-28)45(4)36(51)44(39)3/h5-23,31,42H,1,24-25H2,2-4H3/t31?,37?,38?,39-,40+/m1/s1. The number of benzene rings is 4. The molecule has 2 spiro atoms. The Balaban J connectivity index is 1.34. The summed E-state index contributed by atoms with van der Waals surface area (Å²) in [5.41, 5.74) is 2.55. The Hall–Kier alpha value is -5.83. The number of carbonyl (C=O) groups excluding carboxylic acids is 3. The summed E-state index contributed by atoms with van der Waals surface area (Å²) in [7, 11) is 5.26. The van der Waals surface area contributed by atoms with Gasteiger partial charge in [-0.05, 0) is 24.2 Å². The molecule has 4 amide bonds. The second kappa shape index (κ2) is 11.6. The van der Waals surface area contributed by atoms with E-state index in [0.29, 0.717) is 33.1 Å². The number of nitro benzene ring substituents is 1. The number of para-hydroxylation sites is 1. The van der Waals surface area contributed by atoms with Crippen LogP contribution in [0.3, 0.4) is 0 Å². The van der Waals surface area contributed by atoms with Crippen LogP contribution in [0.15, 0.2) is 127 Å². The van der Waals surface area contributed by atoms with Crippen LogP contribution in [0.4, 0.5) is 16.2 Å². The molecule has 5 heterocycles. The van der Waals surface area contributed by atoms with Crippen molar-refractivity contribution in [3.05, 3.63) is 154 Å². The molecular weight excluding hydrogens is 705 g/mol. The summed E-state index contributed by atoms with van der Waals surface area (Å²) in [5.74, 6) is -1.35. The first-order valence-electron chi connectivity index (χ1n) is 17.5. The summed E-state index contributed by atoms with van der Waals surface area (Å²) in [4.78, 5) is 69.3. The van der Waals surface area contributed by atoms with Gasteiger partial charge in [0.1, 0.15) is 4.75 Å². The summed E-state index contributed by atoms with van der Waals surface area (Å²) < 4.78 is -1.58. The maximum Gasteiger partial charge on any atom is 0.323 e. The fraction of sp³-hybridized carbons (Fsp3) is 0.250. The molecule has 5 atom stereocenters. The third-order valence-corrected chi connectivity index (χ3v) is 13.5. The fourth-order valence-corrected chi connectivity index (χ4v) is 11.4. The lowest BCUT2D eigenvalue weighted by Crippen LogP contribution is -2.72. The Morgan fingerprint density at radius 1 is 0.870 bits per heavy atom. The van der Waals surface area contributed by atoms with Crippen LogP contribution in [0.25, 0.3) is 0 Å². The minimum Gasteiger partial charge on any atom is -0.306 e. The van der Waals surface area contributed by atoms with Crippen LogP contribution < -0.4 is 10.3 Å². The number of thioether (sulfide) groups is 1. The predicted molar refractivity (Wildman–Crippen MR) is 204 cm³/mol. The molecule has 3 unspecified atom stereocenters. The number of aliphatic imine (C=N–C) groups is 1. The Morgan fingerprint density at radius 3 is 2.15 bits per heavy atom. The molecule has 0 aromatic heterocycles. The smallest absolute Gasteiger partial charge is 0.306 e. The molecule has 0 radical (unpaired) electrons. The van der Waals surface area contributed by atoms with Gasteiger partial charge < -0.3 is 4.90 Å². The number of hydrogen-bond donors (Lipinski definition) is 1. The Morgan fingerprint density at radius 2 is 1.50 bits per heavy atom. The Bertz CT molecular complexity index is 2310. The van der Waals surface area contributed by atoms with Crippen molar-refractivity contribution in [2.24, 2.45) is 4.99 Å². The Labute approximate surface area is 315 Å². The molecule has 0 aliphatic carbocycles. The number of amides is 4. The SMILES string of the molecule is C=CCN1C(=O)C2(c3ccccc31)N(C)CC(c1ccc([N+](=O)[O-])cc1)C21SC2=N[C@]3(c4ccccc4)N(C)C(=O)N(C)[C@]3(c3ccccc3)NN2C1=O. The van der Waals surface area contributed by atoms with Crippen molar-refractivity contribution in [1.29, 1.82) is 0 Å². The fourth-order valence-electron chi connectivity index (χ4n) is 9.69. The third kappa shape index (κ3) is 3.81. The highest BCUT2D eigenvalue weighted by molar-refractivity contribution is 8.16. The van der Waals surface area contributed by atoms with Gasteiger partial charge >= 0.3 is 6.03 Å². The minimum absolute atomic E-state index is 0.0830. The van der Waals surface area contributed by atoms with Gasteiger partial charge in [0.2, 0.25) is 5.66 Å². The highest BCUT2D eigenvalue weighted by Crippen LogP contribution is 2.68. The first-order chi connectivity index (χ1) is 26.0. The molecule has 4 aromatic rings. The van der Waals surface area contributed by atoms with E-state index in [1.54, 1.807) is 47.0 Å². The van der Waals surface area contributed by atoms with Crippen molar-refractivity contribution in [2.75, 3.05) is 39.1 Å². The average Bonchev–Trinajstić information content (AvgIpc) is 3.79. The molecule has 1 N–H and O–H groups in total. The zero-order valence-corrected chi connectivity index (χ0v) is 30.6. The number of nitrogens with zero attached hydrogens (tertiary/aromatic N) is 7. The second-order valence-electron chi connectivity index (χ2n) is 14.2. The van der Waals surface area contributed by atoms with Gasteiger partial charge in [-0.25, -0.2) is 14.8 Å². The van der Waals surface area contributed by atoms with Gasteiger partial charge in [-0.15, -0.1) is 6.58 Å². The number of nitrogens with one attached hydrogen (secondary N) is 1. The molecule has 14 heteroatoms. The van der Waals surface area contributed by atoms with Crippen molar-refractivity contribution in [3.63, 3.8) is 0 Å². The van der Waals surface area contributed by atoms with Crippen molar-refractivity contribution >= 4 is 46.1 Å². The molecule has 0 bridgehead atoms. The van der Waals surface area contributed by atoms with Crippen LogP contribution in [0, 0.1) is 10.1 Å². The number of likely N-dealkylation sites (tertiary alicyclic amines) is 1. The van der Waals surface area contributed by atoms with E-state index in [0.717, 1.165) is 0 Å². The maximum absolute atomic E-state index is 16.0. The van der Waals surface area contributed by atoms with E-state index in [2.05, 4.69) is 12.0 Å². The van der Waals surface area contributed by atoms with E-state index in [-0.39, 0.29) is 30.7 Å². The van der Waals surface area contributed by atoms with Crippen molar-refractivity contribution in [2.45, 2.75) is 27.5 Å². The molecule has 9 rings (SSSR count). The molecule has 0 saturated carbocycles. The van der Waals surface area contributed by atoms with E-state index in [4.69, 9.17) is 4.99 Å². The first-order valence-corrected chi connectivity index (χ1v) is 18.4. The van der Waals surface area contributed by atoms with Crippen LogP contribution >= 0.6 is 11.8 Å². The lowest BCUT2D eigenvalue weighted by molar-refractivity contribution is -0.384. The molecule has 3 saturated heterocycles. The van der Waals surface area contributed by atoms with Crippen LogP contribution in [-0.2, 0) is 26.5 Å². The van der Waals surface area contributed by atoms with Crippen molar-refractivity contribution in [1.82, 2.24) is 25.1 Å². The van der Waals surface area contributed by atoms with E-state index in [1.807, 2.05) is 96.9 Å². The van der Waals surface area contributed by atoms with Gasteiger partial charge in [0.25, 0.3) is 17.5 Å². The highest BCUT2D eigenvalue weighted by atomic mass is 32.2. The van der Waals surface area contributed by atoms with Gasteiger partial charge in [0.05, 0.1) is 4.92 Å². The number of amidine groups is 1. The zero-order chi connectivity index (χ0) is 37.8. The molecule has 5 aliphatic heterocycles. The predicted octanol–water partition coefficient (Wildman–Crippen LogP) is 4.94. The molecular formula is C40H36N8O5S. The largest absolute Gasteiger partial charge is 0.323 e. The summed E-state index contributed by atoms with van der Waals surface area (Å²) >= 11 is 1.21. The van der Waals surface area contributed by atoms with E-state index in [9.17, 15) is 14.9 Å². The van der Waals surface area contributed by atoms with Crippen LogP contribution in [-0.4, -0.2) is 86.6 Å². The average molecular weight is 741 g/mol. The van der Waals surface area contributed by atoms with Crippen LogP contribution in [0.5, 0.6) is 0 Å². The number of anilines is 1. The maximum atomic E-state index is 16.0. The monoisotopic (exact) mass is 740 g/mol. The molecule has 54 heavy (non-hydrogen) atoms.